The monoisotopic (exact) mass is 767 g/mol. The number of imidazole rings is 1. The van der Waals surface area contributed by atoms with Gasteiger partial charge in [0.2, 0.25) is 11.8 Å². The molecule has 1 amide bonds. The number of carbonyl (C=O) groups excluding carboxylic acids is 2. The van der Waals surface area contributed by atoms with E-state index in [1.807, 2.05) is 0 Å². The summed E-state index contributed by atoms with van der Waals surface area (Å²) in [4.78, 5) is 50.1. The van der Waals surface area contributed by atoms with Crippen molar-refractivity contribution >= 4 is 40.8 Å². The number of hydrogen-bond donors (Lipinski definition) is 0. The highest BCUT2D eigenvalue weighted by Crippen LogP contribution is 2.38. The molecule has 16 nitrogen and oxygen atoms in total. The van der Waals surface area contributed by atoms with Crippen molar-refractivity contribution in [2.24, 2.45) is 0 Å². The van der Waals surface area contributed by atoms with Crippen LogP contribution in [0.1, 0.15) is 32.8 Å². The van der Waals surface area contributed by atoms with Crippen LogP contribution in [-0.4, -0.2) is 92.3 Å². The summed E-state index contributed by atoms with van der Waals surface area (Å²) in [7, 11) is 7.92. The number of amides is 1. The van der Waals surface area contributed by atoms with Gasteiger partial charge in [0, 0.05) is 39.3 Å². The predicted octanol–water partition coefficient (Wildman–Crippen LogP) is 5.04. The molecule has 0 spiro atoms. The van der Waals surface area contributed by atoms with E-state index < -0.39 is 54.4 Å². The fourth-order valence-electron chi connectivity index (χ4n) is 5.11. The van der Waals surface area contributed by atoms with Crippen molar-refractivity contribution < 1.29 is 56.3 Å². The Labute approximate surface area is 308 Å². The van der Waals surface area contributed by atoms with E-state index in [-0.39, 0.29) is 69.5 Å². The fraction of sp³-hybridized carbons (Fsp3) is 0.441. The molecule has 0 aliphatic heterocycles. The molecule has 0 saturated heterocycles. The smallest absolute Gasteiger partial charge is 0.417 e. The molecule has 2 aromatic heterocycles. The molecule has 0 unspecified atom stereocenters. The maximum atomic E-state index is 14.8. The molecule has 0 saturated carbocycles. The Morgan fingerprint density at radius 3 is 2.21 bits per heavy atom. The van der Waals surface area contributed by atoms with E-state index in [0.717, 1.165) is 22.6 Å². The quantitative estimate of drug-likeness (QED) is 0.117. The molecule has 0 aliphatic rings. The number of methoxy groups -OCH3 is 6. The minimum atomic E-state index is -1.18. The van der Waals surface area contributed by atoms with Crippen LogP contribution in [-0.2, 0) is 36.9 Å². The lowest BCUT2D eigenvalue weighted by Gasteiger charge is -2.25. The van der Waals surface area contributed by atoms with Crippen LogP contribution in [0.3, 0.4) is 0 Å². The molecule has 0 fully saturated rings. The summed E-state index contributed by atoms with van der Waals surface area (Å²) >= 11 is 6.77. The lowest BCUT2D eigenvalue weighted by molar-refractivity contribution is -0.139. The van der Waals surface area contributed by atoms with Crippen molar-refractivity contribution in [1.29, 1.82) is 0 Å². The number of carbonyl (C=O) groups is 2. The minimum Gasteiger partial charge on any atom is -0.496 e. The molecule has 2 heterocycles. The third-order valence-electron chi connectivity index (χ3n) is 7.62. The molecule has 0 atom stereocenters. The molecule has 288 valence electrons. The lowest BCUT2D eigenvalue weighted by atomic mass is 10.2. The van der Waals surface area contributed by atoms with Gasteiger partial charge in [-0.15, -0.1) is 0 Å². The summed E-state index contributed by atoms with van der Waals surface area (Å²) in [6.07, 6.45) is -1.53. The van der Waals surface area contributed by atoms with Crippen LogP contribution in [0.5, 0.6) is 23.1 Å². The Morgan fingerprint density at radius 1 is 0.943 bits per heavy atom. The van der Waals surface area contributed by atoms with Crippen LogP contribution in [0.2, 0.25) is 5.02 Å². The second-order valence-corrected chi connectivity index (χ2v) is 12.5. The number of aryl methyl sites for hydroxylation is 1. The summed E-state index contributed by atoms with van der Waals surface area (Å²) in [5.74, 6) is -3.61. The zero-order valence-corrected chi connectivity index (χ0v) is 31.3. The van der Waals surface area contributed by atoms with Crippen LogP contribution < -0.4 is 29.5 Å². The average molecular weight is 768 g/mol. The first-order chi connectivity index (χ1) is 25.1. The normalized spacial score (nSPS) is 11.5. The van der Waals surface area contributed by atoms with Crippen molar-refractivity contribution in [2.45, 2.75) is 52.2 Å². The van der Waals surface area contributed by atoms with Gasteiger partial charge in [0.05, 0.1) is 44.7 Å². The number of halogens is 3. The van der Waals surface area contributed by atoms with Gasteiger partial charge in [0.25, 0.3) is 0 Å². The summed E-state index contributed by atoms with van der Waals surface area (Å²) in [6, 6.07) is 4.84. The van der Waals surface area contributed by atoms with Gasteiger partial charge >= 0.3 is 17.8 Å². The number of anilines is 1. The summed E-state index contributed by atoms with van der Waals surface area (Å²) in [5.41, 5.74) is -1.99. The second-order valence-electron chi connectivity index (χ2n) is 12.1. The SMILES string of the molecule is COC(=O)CN(C(=O)OC(C)(C)C)c1nc(OC)c2c(n1)n(-c1cc(OCc3c(OC)ccc(F)c3F)c(OC)cc1Cl)c(=O)n2CCC(OC)OC. The number of benzene rings is 2. The highest BCUT2D eigenvalue weighted by atomic mass is 35.5. The van der Waals surface area contributed by atoms with E-state index in [9.17, 15) is 23.2 Å². The molecule has 4 rings (SSSR count). The second kappa shape index (κ2) is 17.1. The molecule has 0 aliphatic carbocycles. The molecule has 0 bridgehead atoms. The zero-order valence-electron chi connectivity index (χ0n) is 30.6. The topological polar surface area (TPSA) is 164 Å². The van der Waals surface area contributed by atoms with Gasteiger partial charge in [0.15, 0.2) is 40.6 Å². The average Bonchev–Trinajstić information content (AvgIpc) is 3.40. The first-order valence-electron chi connectivity index (χ1n) is 15.8. The van der Waals surface area contributed by atoms with Crippen molar-refractivity contribution in [3.63, 3.8) is 0 Å². The van der Waals surface area contributed by atoms with Gasteiger partial charge < -0.3 is 37.9 Å². The summed E-state index contributed by atoms with van der Waals surface area (Å²) in [5, 5.41) is -0.0331. The first kappa shape index (κ1) is 40.6. The number of fused-ring (bicyclic) bond motifs is 1. The van der Waals surface area contributed by atoms with E-state index >= 15 is 0 Å². The largest absolute Gasteiger partial charge is 0.496 e. The molecule has 4 aromatic rings. The molecule has 53 heavy (non-hydrogen) atoms. The van der Waals surface area contributed by atoms with Crippen LogP contribution in [0.15, 0.2) is 29.1 Å². The molecule has 19 heteroatoms. The molecule has 0 radical (unpaired) electrons. The van der Waals surface area contributed by atoms with Crippen LogP contribution in [0.25, 0.3) is 16.9 Å². The van der Waals surface area contributed by atoms with Gasteiger partial charge in [-0.25, -0.2) is 27.8 Å². The van der Waals surface area contributed by atoms with Gasteiger partial charge in [-0.05, 0) is 32.9 Å². The van der Waals surface area contributed by atoms with Gasteiger partial charge in [0.1, 0.15) is 24.5 Å². The number of ether oxygens (including phenoxy) is 8. The number of nitrogens with zero attached hydrogens (tertiary/aromatic N) is 5. The zero-order chi connectivity index (χ0) is 39.2. The van der Waals surface area contributed by atoms with Crippen LogP contribution in [0.4, 0.5) is 19.5 Å². The maximum absolute atomic E-state index is 14.8. The van der Waals surface area contributed by atoms with Gasteiger partial charge in [-0.3, -0.25) is 9.36 Å². The Morgan fingerprint density at radius 2 is 1.62 bits per heavy atom. The Hall–Kier alpha value is -5.20. The number of aromatic nitrogens is 4. The van der Waals surface area contributed by atoms with Crippen molar-refractivity contribution in [3.05, 3.63) is 57.0 Å². The fourth-order valence-corrected chi connectivity index (χ4v) is 5.35. The maximum Gasteiger partial charge on any atom is 0.417 e. The van der Waals surface area contributed by atoms with E-state index in [1.54, 1.807) is 20.8 Å². The van der Waals surface area contributed by atoms with Crippen LogP contribution in [0, 0.1) is 11.6 Å². The Bertz CT molecular complexity index is 2030. The Kier molecular flexibility index (Phi) is 13.1. The molecule has 0 N–H and O–H groups in total. The van der Waals surface area contributed by atoms with Crippen LogP contribution >= 0.6 is 11.6 Å². The summed E-state index contributed by atoms with van der Waals surface area (Å²) in [6.45, 7) is 3.68. The third kappa shape index (κ3) is 8.89. The number of rotatable bonds is 15. The third-order valence-corrected chi connectivity index (χ3v) is 7.93. The highest BCUT2D eigenvalue weighted by molar-refractivity contribution is 6.32. The standard InChI is InChI=1S/C34H40ClF2N5O11/c1-34(2,3)53-33(45)41(16-25(43)48-6)31-38-29-28(30(39-31)51-9)40(13-12-26(49-7)50-8)32(44)42(29)21-15-24(23(47-5)14-19(21)35)52-17-18-22(46-4)11-10-20(36)27(18)37/h10-11,14-15,26H,12-13,16-17H2,1-9H3. The molecular weight excluding hydrogens is 728 g/mol. The van der Waals surface area contributed by atoms with Gasteiger partial charge in [-0.1, -0.05) is 11.6 Å². The minimum absolute atomic E-state index is 0.0124. The summed E-state index contributed by atoms with van der Waals surface area (Å²) < 4.78 is 74.5. The molecule has 2 aromatic carbocycles. The highest BCUT2D eigenvalue weighted by Gasteiger charge is 2.32. The molecular formula is C34H40ClF2N5O11. The van der Waals surface area contributed by atoms with Crippen molar-refractivity contribution in [2.75, 3.05) is 54.1 Å². The first-order valence-corrected chi connectivity index (χ1v) is 16.2. The van der Waals surface area contributed by atoms with E-state index in [4.69, 9.17) is 49.5 Å². The van der Waals surface area contributed by atoms with E-state index in [2.05, 4.69) is 9.97 Å². The Balaban J connectivity index is 2.01. The van der Waals surface area contributed by atoms with E-state index in [0.29, 0.717) is 0 Å². The van der Waals surface area contributed by atoms with E-state index in [1.165, 1.54) is 58.3 Å². The number of esters is 1. The van der Waals surface area contributed by atoms with Gasteiger partial charge in [-0.2, -0.15) is 9.97 Å². The predicted molar refractivity (Wildman–Crippen MR) is 186 cm³/mol. The van der Waals surface area contributed by atoms with Crippen molar-refractivity contribution in [3.8, 4) is 28.8 Å². The van der Waals surface area contributed by atoms with Crippen molar-refractivity contribution in [1.82, 2.24) is 19.1 Å². The number of hydrogen-bond acceptors (Lipinski definition) is 13. The lowest BCUT2D eigenvalue weighted by Crippen LogP contribution is -2.41.